The van der Waals surface area contributed by atoms with E-state index in [1.54, 1.807) is 24.6 Å². The van der Waals surface area contributed by atoms with Gasteiger partial charge in [0.15, 0.2) is 11.5 Å². The summed E-state index contributed by atoms with van der Waals surface area (Å²) in [4.78, 5) is 17.0. The summed E-state index contributed by atoms with van der Waals surface area (Å²) in [5, 5.41) is 5.27. The van der Waals surface area contributed by atoms with E-state index in [9.17, 15) is 4.79 Å². The maximum Gasteiger partial charge on any atom is 0.275 e. The highest BCUT2D eigenvalue weighted by Crippen LogP contribution is 2.40. The largest absolute Gasteiger partial charge is 0.497 e. The number of carbonyl (C=O) groups is 1. The molecule has 0 atom stereocenters. The second-order valence-electron chi connectivity index (χ2n) is 5.63. The molecule has 8 heteroatoms. The summed E-state index contributed by atoms with van der Waals surface area (Å²) in [6.07, 6.45) is 0. The molecule has 0 saturated carbocycles. The molecule has 0 aliphatic heterocycles. The number of rotatable bonds is 7. The Morgan fingerprint density at radius 2 is 1.57 bits per heavy atom. The maximum absolute atomic E-state index is 12.6. The second-order valence-corrected chi connectivity index (χ2v) is 6.49. The summed E-state index contributed by atoms with van der Waals surface area (Å²) in [6.45, 7) is 0. The van der Waals surface area contributed by atoms with E-state index >= 15 is 0 Å². The number of carbonyl (C=O) groups excluding carboxylic acids is 1. The summed E-state index contributed by atoms with van der Waals surface area (Å²) < 4.78 is 21.1. The van der Waals surface area contributed by atoms with Crippen LogP contribution in [-0.4, -0.2) is 39.3 Å². The number of ether oxygens (including phenoxy) is 4. The monoisotopic (exact) mass is 400 g/mol. The number of amides is 1. The predicted molar refractivity (Wildman–Crippen MR) is 108 cm³/mol. The quantitative estimate of drug-likeness (QED) is 0.643. The van der Waals surface area contributed by atoms with Crippen LogP contribution in [0.3, 0.4) is 0 Å². The van der Waals surface area contributed by atoms with Gasteiger partial charge in [0, 0.05) is 28.8 Å². The van der Waals surface area contributed by atoms with Gasteiger partial charge in [0.25, 0.3) is 5.91 Å². The Kier molecular flexibility index (Phi) is 6.00. The predicted octanol–water partition coefficient (Wildman–Crippen LogP) is 4.10. The highest BCUT2D eigenvalue weighted by molar-refractivity contribution is 7.13. The van der Waals surface area contributed by atoms with Crippen molar-refractivity contribution in [1.82, 2.24) is 4.98 Å². The van der Waals surface area contributed by atoms with Gasteiger partial charge >= 0.3 is 0 Å². The van der Waals surface area contributed by atoms with Gasteiger partial charge in [-0.15, -0.1) is 11.3 Å². The van der Waals surface area contributed by atoms with Gasteiger partial charge in [-0.1, -0.05) is 0 Å². The lowest BCUT2D eigenvalue weighted by Crippen LogP contribution is -2.12. The van der Waals surface area contributed by atoms with Gasteiger partial charge in [-0.3, -0.25) is 4.79 Å². The van der Waals surface area contributed by atoms with Gasteiger partial charge in [-0.2, -0.15) is 0 Å². The molecule has 3 aromatic rings. The van der Waals surface area contributed by atoms with Crippen molar-refractivity contribution in [3.8, 4) is 33.6 Å². The molecule has 2 aromatic carbocycles. The van der Waals surface area contributed by atoms with Crippen molar-refractivity contribution in [1.29, 1.82) is 0 Å². The zero-order valence-electron chi connectivity index (χ0n) is 15.9. The average molecular weight is 400 g/mol. The Bertz CT molecular complexity index is 944. The average Bonchev–Trinajstić information content (AvgIpc) is 3.23. The van der Waals surface area contributed by atoms with E-state index in [2.05, 4.69) is 10.3 Å². The van der Waals surface area contributed by atoms with Crippen molar-refractivity contribution in [2.24, 2.45) is 0 Å². The molecule has 7 nitrogen and oxygen atoms in total. The number of anilines is 1. The lowest BCUT2D eigenvalue weighted by Gasteiger charge is -2.14. The van der Waals surface area contributed by atoms with Gasteiger partial charge in [-0.05, 0) is 24.3 Å². The van der Waals surface area contributed by atoms with Crippen LogP contribution in [0.25, 0.3) is 10.6 Å². The van der Waals surface area contributed by atoms with Crippen LogP contribution in [0.2, 0.25) is 0 Å². The number of thiazole rings is 1. The van der Waals surface area contributed by atoms with Crippen LogP contribution in [0.1, 0.15) is 10.5 Å². The number of hydrogen-bond donors (Lipinski definition) is 1. The van der Waals surface area contributed by atoms with E-state index < -0.39 is 0 Å². The minimum absolute atomic E-state index is 0.324. The van der Waals surface area contributed by atoms with E-state index in [0.29, 0.717) is 28.6 Å². The molecule has 1 amide bonds. The van der Waals surface area contributed by atoms with Crippen molar-refractivity contribution in [2.45, 2.75) is 0 Å². The van der Waals surface area contributed by atoms with Crippen LogP contribution in [0.4, 0.5) is 5.69 Å². The molecular formula is C20H20N2O5S. The summed E-state index contributed by atoms with van der Waals surface area (Å²) in [6, 6.07) is 10.8. The normalized spacial score (nSPS) is 10.3. The minimum atomic E-state index is -0.328. The molecule has 28 heavy (non-hydrogen) atoms. The molecule has 1 N–H and O–H groups in total. The second kappa shape index (κ2) is 8.62. The highest BCUT2D eigenvalue weighted by atomic mass is 32.1. The standard InChI is InChI=1S/C20H20N2O5S/c1-24-14-7-5-12(6-8-14)20-22-15(11-28-20)19(23)21-13-9-16(25-2)18(27-4)17(10-13)26-3/h5-11H,1-4H3,(H,21,23). The first kappa shape index (κ1) is 19.5. The lowest BCUT2D eigenvalue weighted by atomic mass is 10.2. The maximum atomic E-state index is 12.6. The molecule has 1 aromatic heterocycles. The van der Waals surface area contributed by atoms with E-state index in [-0.39, 0.29) is 5.91 Å². The van der Waals surface area contributed by atoms with Gasteiger partial charge in [0.05, 0.1) is 28.4 Å². The fraction of sp³-hybridized carbons (Fsp3) is 0.200. The van der Waals surface area contributed by atoms with Crippen molar-refractivity contribution >= 4 is 22.9 Å². The van der Waals surface area contributed by atoms with Gasteiger partial charge in [0.1, 0.15) is 16.5 Å². The van der Waals surface area contributed by atoms with Crippen LogP contribution in [0, 0.1) is 0 Å². The number of methoxy groups -OCH3 is 4. The van der Waals surface area contributed by atoms with Gasteiger partial charge in [-0.25, -0.2) is 4.98 Å². The third kappa shape index (κ3) is 4.01. The first-order chi connectivity index (χ1) is 13.6. The molecule has 0 radical (unpaired) electrons. The van der Waals surface area contributed by atoms with E-state index in [1.807, 2.05) is 24.3 Å². The number of aromatic nitrogens is 1. The molecule has 0 spiro atoms. The molecule has 0 bridgehead atoms. The first-order valence-electron chi connectivity index (χ1n) is 8.31. The van der Waals surface area contributed by atoms with E-state index in [4.69, 9.17) is 18.9 Å². The molecule has 0 fully saturated rings. The van der Waals surface area contributed by atoms with Crippen LogP contribution in [0.15, 0.2) is 41.8 Å². The molecule has 1 heterocycles. The highest BCUT2D eigenvalue weighted by Gasteiger charge is 2.17. The Balaban J connectivity index is 1.81. The molecule has 0 aliphatic rings. The molecule has 0 unspecified atom stereocenters. The smallest absolute Gasteiger partial charge is 0.275 e. The Morgan fingerprint density at radius 3 is 2.11 bits per heavy atom. The van der Waals surface area contributed by atoms with Crippen molar-refractivity contribution in [3.63, 3.8) is 0 Å². The Morgan fingerprint density at radius 1 is 0.929 bits per heavy atom. The fourth-order valence-corrected chi connectivity index (χ4v) is 3.40. The van der Waals surface area contributed by atoms with Crippen LogP contribution >= 0.6 is 11.3 Å². The SMILES string of the molecule is COc1ccc(-c2nc(C(=O)Nc3cc(OC)c(OC)c(OC)c3)cs2)cc1. The number of nitrogens with zero attached hydrogens (tertiary/aromatic N) is 1. The first-order valence-corrected chi connectivity index (χ1v) is 9.19. The summed E-state index contributed by atoms with van der Waals surface area (Å²) in [5.74, 6) is 1.80. The fourth-order valence-electron chi connectivity index (χ4n) is 2.59. The van der Waals surface area contributed by atoms with Crippen molar-refractivity contribution in [3.05, 3.63) is 47.5 Å². The molecular weight excluding hydrogens is 380 g/mol. The summed E-state index contributed by atoms with van der Waals surface area (Å²) in [7, 11) is 6.17. The number of hydrogen-bond acceptors (Lipinski definition) is 7. The molecule has 146 valence electrons. The molecule has 3 rings (SSSR count). The van der Waals surface area contributed by atoms with E-state index in [0.717, 1.165) is 16.3 Å². The summed E-state index contributed by atoms with van der Waals surface area (Å²) >= 11 is 1.39. The molecule has 0 saturated heterocycles. The van der Waals surface area contributed by atoms with Gasteiger partial charge < -0.3 is 24.3 Å². The number of benzene rings is 2. The third-order valence-corrected chi connectivity index (χ3v) is 4.89. The topological polar surface area (TPSA) is 78.9 Å². The van der Waals surface area contributed by atoms with Crippen LogP contribution in [0.5, 0.6) is 23.0 Å². The van der Waals surface area contributed by atoms with Crippen LogP contribution in [-0.2, 0) is 0 Å². The van der Waals surface area contributed by atoms with Crippen molar-refractivity contribution < 1.29 is 23.7 Å². The number of nitrogens with one attached hydrogen (secondary N) is 1. The Hall–Kier alpha value is -3.26. The van der Waals surface area contributed by atoms with Crippen molar-refractivity contribution in [2.75, 3.05) is 33.8 Å². The van der Waals surface area contributed by atoms with E-state index in [1.165, 1.54) is 32.7 Å². The van der Waals surface area contributed by atoms with Gasteiger partial charge in [0.2, 0.25) is 5.75 Å². The lowest BCUT2D eigenvalue weighted by molar-refractivity contribution is 0.102. The van der Waals surface area contributed by atoms with Crippen LogP contribution < -0.4 is 24.3 Å². The summed E-state index contributed by atoms with van der Waals surface area (Å²) in [5.41, 5.74) is 1.75. The third-order valence-electron chi connectivity index (χ3n) is 4.00. The zero-order valence-corrected chi connectivity index (χ0v) is 16.8. The zero-order chi connectivity index (χ0) is 20.1. The molecule has 0 aliphatic carbocycles. The Labute approximate surface area is 166 Å². The minimum Gasteiger partial charge on any atom is -0.497 e.